The van der Waals surface area contributed by atoms with E-state index in [2.05, 4.69) is 64.4 Å². The van der Waals surface area contributed by atoms with Gasteiger partial charge in [-0.15, -0.1) is 0 Å². The van der Waals surface area contributed by atoms with Gasteiger partial charge < -0.3 is 0 Å². The smallest absolute Gasteiger partial charge is 0.227 e. The molecule has 27 heavy (non-hydrogen) atoms. The zero-order valence-corrected chi connectivity index (χ0v) is 16.4. The number of halogens is 1. The van der Waals surface area contributed by atoms with Crippen molar-refractivity contribution in [2.45, 2.75) is 13.5 Å². The Morgan fingerprint density at radius 3 is 2.33 bits per heavy atom. The monoisotopic (exact) mass is 391 g/mol. The van der Waals surface area contributed by atoms with E-state index in [0.29, 0.717) is 5.02 Å². The number of aromatic nitrogens is 2. The van der Waals surface area contributed by atoms with E-state index >= 15 is 0 Å². The van der Waals surface area contributed by atoms with Crippen LogP contribution >= 0.6 is 23.1 Å². The highest BCUT2D eigenvalue weighted by Crippen LogP contribution is 2.21. The van der Waals surface area contributed by atoms with Gasteiger partial charge in [0.25, 0.3) is 0 Å². The lowest BCUT2D eigenvalue weighted by Gasteiger charge is -2.06. The quantitative estimate of drug-likeness (QED) is 0.429. The normalized spacial score (nSPS) is 11.7. The summed E-state index contributed by atoms with van der Waals surface area (Å²) >= 11 is 7.53. The molecule has 3 aromatic carbocycles. The first-order chi connectivity index (χ1) is 13.2. The Bertz CT molecular complexity index is 1100. The van der Waals surface area contributed by atoms with Crippen molar-refractivity contribution < 1.29 is 0 Å². The molecule has 1 heterocycles. The predicted octanol–water partition coefficient (Wildman–Crippen LogP) is 5.85. The Kier molecular flexibility index (Phi) is 5.19. The minimum Gasteiger partial charge on any atom is -0.274 e. The SMILES string of the molecule is Cc1ccc(-c2nc(=Nc3ccc(Cl)cc3)sn2Cc2ccccc2)cc1. The highest BCUT2D eigenvalue weighted by molar-refractivity contribution is 7.03. The van der Waals surface area contributed by atoms with Gasteiger partial charge in [-0.3, -0.25) is 3.96 Å². The third kappa shape index (κ3) is 4.35. The Balaban J connectivity index is 1.78. The van der Waals surface area contributed by atoms with Crippen LogP contribution in [0.5, 0.6) is 0 Å². The lowest BCUT2D eigenvalue weighted by Crippen LogP contribution is -1.99. The number of rotatable bonds is 4. The fourth-order valence-corrected chi connectivity index (χ4v) is 3.79. The topological polar surface area (TPSA) is 30.2 Å². The fourth-order valence-electron chi connectivity index (χ4n) is 2.75. The Labute approximate surface area is 167 Å². The minimum absolute atomic E-state index is 0.701. The maximum Gasteiger partial charge on any atom is 0.227 e. The summed E-state index contributed by atoms with van der Waals surface area (Å²) in [6.07, 6.45) is 0. The summed E-state index contributed by atoms with van der Waals surface area (Å²) in [6.45, 7) is 2.85. The van der Waals surface area contributed by atoms with Crippen molar-refractivity contribution in [1.82, 2.24) is 8.94 Å². The fraction of sp³-hybridized carbons (Fsp3) is 0.0909. The van der Waals surface area contributed by atoms with Gasteiger partial charge in [0.2, 0.25) is 4.80 Å². The van der Waals surface area contributed by atoms with E-state index in [9.17, 15) is 0 Å². The van der Waals surface area contributed by atoms with Gasteiger partial charge in [-0.25, -0.2) is 4.99 Å². The summed E-state index contributed by atoms with van der Waals surface area (Å²) in [7, 11) is 0. The molecule has 3 nitrogen and oxygen atoms in total. The van der Waals surface area contributed by atoms with Gasteiger partial charge in [0.15, 0.2) is 5.82 Å². The average Bonchev–Trinajstić information content (AvgIpc) is 3.07. The van der Waals surface area contributed by atoms with Crippen molar-refractivity contribution in [2.75, 3.05) is 0 Å². The van der Waals surface area contributed by atoms with Gasteiger partial charge in [-0.2, -0.15) is 4.98 Å². The molecular formula is C22H18ClN3S. The summed E-state index contributed by atoms with van der Waals surface area (Å²) in [5, 5.41) is 0.701. The molecule has 4 aromatic rings. The van der Waals surface area contributed by atoms with Crippen molar-refractivity contribution in [3.8, 4) is 11.4 Å². The number of hydrogen-bond donors (Lipinski definition) is 0. The molecule has 0 atom stereocenters. The molecule has 4 rings (SSSR count). The van der Waals surface area contributed by atoms with Crippen LogP contribution in [0.1, 0.15) is 11.1 Å². The van der Waals surface area contributed by atoms with E-state index in [1.54, 1.807) is 11.5 Å². The second-order valence-electron chi connectivity index (χ2n) is 6.29. The largest absolute Gasteiger partial charge is 0.274 e. The van der Waals surface area contributed by atoms with Crippen molar-refractivity contribution in [3.05, 3.63) is 99.8 Å². The molecule has 0 radical (unpaired) electrons. The first-order valence-electron chi connectivity index (χ1n) is 8.67. The van der Waals surface area contributed by atoms with Gasteiger partial charge in [0.05, 0.1) is 12.2 Å². The van der Waals surface area contributed by atoms with Gasteiger partial charge in [-0.05, 0) is 48.3 Å². The Morgan fingerprint density at radius 1 is 0.926 bits per heavy atom. The molecule has 134 valence electrons. The summed E-state index contributed by atoms with van der Waals surface area (Å²) < 4.78 is 2.19. The summed E-state index contributed by atoms with van der Waals surface area (Å²) in [4.78, 5) is 10.2. The summed E-state index contributed by atoms with van der Waals surface area (Å²) in [5.74, 6) is 0.927. The van der Waals surface area contributed by atoms with E-state index in [4.69, 9.17) is 16.6 Å². The van der Waals surface area contributed by atoms with Crippen LogP contribution in [-0.2, 0) is 6.54 Å². The zero-order chi connectivity index (χ0) is 18.6. The maximum atomic E-state index is 5.97. The van der Waals surface area contributed by atoms with E-state index in [0.717, 1.165) is 28.4 Å². The van der Waals surface area contributed by atoms with Gasteiger partial charge in [0, 0.05) is 10.6 Å². The van der Waals surface area contributed by atoms with Crippen LogP contribution < -0.4 is 4.80 Å². The molecular weight excluding hydrogens is 374 g/mol. The molecule has 0 aliphatic heterocycles. The van der Waals surface area contributed by atoms with E-state index < -0.39 is 0 Å². The first-order valence-corrected chi connectivity index (χ1v) is 9.82. The molecule has 0 fully saturated rings. The van der Waals surface area contributed by atoms with Crippen LogP contribution in [0, 0.1) is 6.92 Å². The van der Waals surface area contributed by atoms with Crippen LogP contribution in [0.4, 0.5) is 5.69 Å². The van der Waals surface area contributed by atoms with E-state index in [1.807, 2.05) is 30.3 Å². The van der Waals surface area contributed by atoms with Gasteiger partial charge in [-0.1, -0.05) is 71.8 Å². The predicted molar refractivity (Wildman–Crippen MR) is 112 cm³/mol. The molecule has 0 aliphatic rings. The molecule has 0 aliphatic carbocycles. The molecule has 0 saturated heterocycles. The van der Waals surface area contributed by atoms with Crippen LogP contribution in [0.2, 0.25) is 5.02 Å². The van der Waals surface area contributed by atoms with Crippen LogP contribution in [0.25, 0.3) is 11.4 Å². The van der Waals surface area contributed by atoms with Crippen molar-refractivity contribution in [2.24, 2.45) is 4.99 Å². The van der Waals surface area contributed by atoms with E-state index in [-0.39, 0.29) is 0 Å². The maximum absolute atomic E-state index is 5.97. The second kappa shape index (κ2) is 7.91. The number of hydrogen-bond acceptors (Lipinski definition) is 3. The second-order valence-corrected chi connectivity index (χ2v) is 7.71. The molecule has 0 spiro atoms. The Hall–Kier alpha value is -2.69. The minimum atomic E-state index is 0.701. The van der Waals surface area contributed by atoms with E-state index in [1.165, 1.54) is 11.1 Å². The van der Waals surface area contributed by atoms with Crippen LogP contribution in [-0.4, -0.2) is 8.94 Å². The Morgan fingerprint density at radius 2 is 1.63 bits per heavy atom. The van der Waals surface area contributed by atoms with Crippen molar-refractivity contribution >= 4 is 28.8 Å². The third-order valence-corrected chi connectivity index (χ3v) is 5.28. The average molecular weight is 392 g/mol. The zero-order valence-electron chi connectivity index (χ0n) is 14.8. The molecule has 1 aromatic heterocycles. The standard InChI is InChI=1S/C22H18ClN3S/c1-16-7-9-18(10-8-16)21-25-22(24-20-13-11-19(23)12-14-20)27-26(21)15-17-5-3-2-4-6-17/h2-14H,15H2,1H3. The number of aryl methyl sites for hydroxylation is 1. The number of nitrogens with zero attached hydrogens (tertiary/aromatic N) is 3. The molecule has 0 amide bonds. The van der Waals surface area contributed by atoms with Crippen LogP contribution in [0.15, 0.2) is 83.9 Å². The highest BCUT2D eigenvalue weighted by Gasteiger charge is 2.10. The van der Waals surface area contributed by atoms with Crippen molar-refractivity contribution in [3.63, 3.8) is 0 Å². The summed E-state index contributed by atoms with van der Waals surface area (Å²) in [5.41, 5.74) is 4.40. The number of benzene rings is 3. The molecule has 0 bridgehead atoms. The third-order valence-electron chi connectivity index (χ3n) is 4.16. The van der Waals surface area contributed by atoms with Crippen molar-refractivity contribution in [1.29, 1.82) is 0 Å². The van der Waals surface area contributed by atoms with Gasteiger partial charge in [0.1, 0.15) is 0 Å². The summed E-state index contributed by atoms with van der Waals surface area (Å²) in [6, 6.07) is 26.3. The molecule has 5 heteroatoms. The molecule has 0 saturated carbocycles. The molecule has 0 unspecified atom stereocenters. The van der Waals surface area contributed by atoms with Gasteiger partial charge >= 0.3 is 0 Å². The van der Waals surface area contributed by atoms with Crippen LogP contribution in [0.3, 0.4) is 0 Å². The molecule has 0 N–H and O–H groups in total. The first kappa shape index (κ1) is 17.7. The highest BCUT2D eigenvalue weighted by atomic mass is 35.5. The lowest BCUT2D eigenvalue weighted by molar-refractivity contribution is 0.873. The lowest BCUT2D eigenvalue weighted by atomic mass is 10.1.